The number of halogens is 3. The highest BCUT2D eigenvalue weighted by Gasteiger charge is 2.42. The van der Waals surface area contributed by atoms with E-state index >= 15 is 0 Å². The molecule has 1 aromatic rings. The molecule has 2 unspecified atom stereocenters. The summed E-state index contributed by atoms with van der Waals surface area (Å²) in [7, 11) is 0. The van der Waals surface area contributed by atoms with Gasteiger partial charge in [-0.1, -0.05) is 6.92 Å². The van der Waals surface area contributed by atoms with Gasteiger partial charge in [-0.3, -0.25) is 4.79 Å². The summed E-state index contributed by atoms with van der Waals surface area (Å²) in [6.45, 7) is 2.40. The molecular formula is C14H15F3O4. The van der Waals surface area contributed by atoms with Crippen LogP contribution < -0.4 is 9.47 Å². The average Bonchev–Trinajstić information content (AvgIpc) is 2.39. The Morgan fingerprint density at radius 1 is 1.19 bits per heavy atom. The molecule has 2 atom stereocenters. The Morgan fingerprint density at radius 2 is 1.81 bits per heavy atom. The van der Waals surface area contributed by atoms with E-state index in [4.69, 9.17) is 9.47 Å². The molecule has 7 heteroatoms. The predicted molar refractivity (Wildman–Crippen MR) is 67.2 cm³/mol. The molecule has 0 spiro atoms. The van der Waals surface area contributed by atoms with E-state index in [-0.39, 0.29) is 18.0 Å². The number of alkyl halides is 3. The van der Waals surface area contributed by atoms with Gasteiger partial charge in [0.05, 0.1) is 0 Å². The first-order valence-electron chi connectivity index (χ1n) is 6.56. The van der Waals surface area contributed by atoms with Gasteiger partial charge < -0.3 is 14.2 Å². The monoisotopic (exact) mass is 304 g/mol. The molecule has 1 fully saturated rings. The fourth-order valence-electron chi connectivity index (χ4n) is 1.91. The standard InChI is InChI=1S/C14H15F3O4/c1-2-7-19-13-11(18)8-12(13)20-9-3-5-10(6-4-9)21-14(15,16)17/h3-6,12-13H,2,7-8H2,1H3. The third-order valence-corrected chi connectivity index (χ3v) is 2.90. The van der Waals surface area contributed by atoms with Gasteiger partial charge >= 0.3 is 6.36 Å². The molecule has 116 valence electrons. The number of ketones is 1. The topological polar surface area (TPSA) is 44.8 Å². The molecule has 1 aliphatic carbocycles. The van der Waals surface area contributed by atoms with Gasteiger partial charge in [-0.05, 0) is 30.7 Å². The first-order valence-corrected chi connectivity index (χ1v) is 6.56. The first kappa shape index (κ1) is 15.6. The van der Waals surface area contributed by atoms with Gasteiger partial charge in [-0.25, -0.2) is 0 Å². The van der Waals surface area contributed by atoms with Gasteiger partial charge in [0, 0.05) is 13.0 Å². The van der Waals surface area contributed by atoms with Crippen molar-refractivity contribution < 1.29 is 32.2 Å². The van der Waals surface area contributed by atoms with E-state index in [0.717, 1.165) is 18.6 Å². The lowest BCUT2D eigenvalue weighted by molar-refractivity contribution is -0.274. The van der Waals surface area contributed by atoms with Crippen LogP contribution in [0.25, 0.3) is 0 Å². The zero-order chi connectivity index (χ0) is 15.5. The summed E-state index contributed by atoms with van der Waals surface area (Å²) in [6, 6.07) is 5.04. The van der Waals surface area contributed by atoms with Gasteiger partial charge in [0.15, 0.2) is 11.9 Å². The number of hydrogen-bond acceptors (Lipinski definition) is 4. The molecule has 0 amide bonds. The summed E-state index contributed by atoms with van der Waals surface area (Å²) in [5, 5.41) is 0. The van der Waals surface area contributed by atoms with Crippen molar-refractivity contribution in [3.05, 3.63) is 24.3 Å². The third kappa shape index (κ3) is 4.35. The predicted octanol–water partition coefficient (Wildman–Crippen LogP) is 3.10. The minimum absolute atomic E-state index is 0.0227. The number of Topliss-reactive ketones (excluding diaryl/α,β-unsaturated/α-hetero) is 1. The Labute approximate surface area is 119 Å². The van der Waals surface area contributed by atoms with Crippen molar-refractivity contribution in [2.45, 2.75) is 38.3 Å². The van der Waals surface area contributed by atoms with Gasteiger partial charge in [0.25, 0.3) is 0 Å². The normalized spacial score (nSPS) is 21.8. The molecule has 0 saturated heterocycles. The van der Waals surface area contributed by atoms with E-state index in [1.807, 2.05) is 6.92 Å². The number of benzene rings is 1. The Morgan fingerprint density at radius 3 is 2.33 bits per heavy atom. The quantitative estimate of drug-likeness (QED) is 0.810. The van der Waals surface area contributed by atoms with Crippen LogP contribution >= 0.6 is 0 Å². The molecule has 0 aliphatic heterocycles. The highest BCUT2D eigenvalue weighted by atomic mass is 19.4. The molecule has 1 aliphatic rings. The number of rotatable bonds is 6. The van der Waals surface area contributed by atoms with Crippen molar-refractivity contribution in [1.82, 2.24) is 0 Å². The van der Waals surface area contributed by atoms with Gasteiger partial charge in [-0.15, -0.1) is 13.2 Å². The third-order valence-electron chi connectivity index (χ3n) is 2.90. The van der Waals surface area contributed by atoms with Crippen molar-refractivity contribution in [2.24, 2.45) is 0 Å². The Kier molecular flexibility index (Phi) is 4.72. The second-order valence-corrected chi connectivity index (χ2v) is 4.64. The van der Waals surface area contributed by atoms with Crippen LogP contribution in [0.3, 0.4) is 0 Å². The van der Waals surface area contributed by atoms with Crippen LogP contribution in [0.2, 0.25) is 0 Å². The lowest BCUT2D eigenvalue weighted by Gasteiger charge is -2.34. The molecule has 0 aromatic heterocycles. The van der Waals surface area contributed by atoms with Crippen molar-refractivity contribution in [3.63, 3.8) is 0 Å². The minimum Gasteiger partial charge on any atom is -0.487 e. The lowest BCUT2D eigenvalue weighted by Crippen LogP contribution is -2.52. The van der Waals surface area contributed by atoms with E-state index in [9.17, 15) is 18.0 Å². The van der Waals surface area contributed by atoms with Crippen LogP contribution in [0.5, 0.6) is 11.5 Å². The number of carbonyl (C=O) groups is 1. The summed E-state index contributed by atoms with van der Waals surface area (Å²) in [6.07, 6.45) is -4.66. The maximum atomic E-state index is 12.0. The van der Waals surface area contributed by atoms with Gasteiger partial charge in [0.1, 0.15) is 17.6 Å². The smallest absolute Gasteiger partial charge is 0.487 e. The van der Waals surface area contributed by atoms with Crippen LogP contribution in [0.15, 0.2) is 24.3 Å². The van der Waals surface area contributed by atoms with Crippen LogP contribution in [-0.2, 0) is 9.53 Å². The maximum absolute atomic E-state index is 12.0. The highest BCUT2D eigenvalue weighted by Crippen LogP contribution is 2.28. The summed E-state index contributed by atoms with van der Waals surface area (Å²) in [5.74, 6) is 0.0240. The van der Waals surface area contributed by atoms with E-state index in [1.54, 1.807) is 0 Å². The zero-order valence-electron chi connectivity index (χ0n) is 11.4. The molecule has 0 bridgehead atoms. The second-order valence-electron chi connectivity index (χ2n) is 4.64. The molecule has 1 saturated carbocycles. The largest absolute Gasteiger partial charge is 0.573 e. The summed E-state index contributed by atoms with van der Waals surface area (Å²) in [5.41, 5.74) is 0. The zero-order valence-corrected chi connectivity index (χ0v) is 11.4. The van der Waals surface area contributed by atoms with Crippen molar-refractivity contribution in [2.75, 3.05) is 6.61 Å². The van der Waals surface area contributed by atoms with Crippen LogP contribution in [0, 0.1) is 0 Å². The van der Waals surface area contributed by atoms with E-state index in [1.165, 1.54) is 12.1 Å². The molecule has 2 rings (SSSR count). The lowest BCUT2D eigenvalue weighted by atomic mass is 9.90. The number of carbonyl (C=O) groups excluding carboxylic acids is 1. The summed E-state index contributed by atoms with van der Waals surface area (Å²) >= 11 is 0. The van der Waals surface area contributed by atoms with Crippen molar-refractivity contribution in [1.29, 1.82) is 0 Å². The fourth-order valence-corrected chi connectivity index (χ4v) is 1.91. The van der Waals surface area contributed by atoms with Crippen LogP contribution in [0.1, 0.15) is 19.8 Å². The maximum Gasteiger partial charge on any atom is 0.573 e. The van der Waals surface area contributed by atoms with Crippen molar-refractivity contribution in [3.8, 4) is 11.5 Å². The molecule has 0 radical (unpaired) electrons. The molecule has 1 aromatic carbocycles. The average molecular weight is 304 g/mol. The summed E-state index contributed by atoms with van der Waals surface area (Å²) in [4.78, 5) is 11.4. The summed E-state index contributed by atoms with van der Waals surface area (Å²) < 4.78 is 50.7. The van der Waals surface area contributed by atoms with E-state index in [2.05, 4.69) is 4.74 Å². The van der Waals surface area contributed by atoms with E-state index < -0.39 is 18.6 Å². The number of ether oxygens (including phenoxy) is 3. The molecule has 0 N–H and O–H groups in total. The second kappa shape index (κ2) is 6.34. The highest BCUT2D eigenvalue weighted by molar-refractivity contribution is 5.90. The van der Waals surface area contributed by atoms with Crippen LogP contribution in [0.4, 0.5) is 13.2 Å². The minimum atomic E-state index is -4.72. The van der Waals surface area contributed by atoms with Crippen molar-refractivity contribution >= 4 is 5.78 Å². The first-order chi connectivity index (χ1) is 9.89. The molecule has 4 nitrogen and oxygen atoms in total. The molecular weight excluding hydrogens is 289 g/mol. The number of hydrogen-bond donors (Lipinski definition) is 0. The fraction of sp³-hybridized carbons (Fsp3) is 0.500. The van der Waals surface area contributed by atoms with E-state index in [0.29, 0.717) is 12.4 Å². The molecule has 0 heterocycles. The SMILES string of the molecule is CCCOC1C(=O)CC1Oc1ccc(OC(F)(F)F)cc1. The molecule has 21 heavy (non-hydrogen) atoms. The van der Waals surface area contributed by atoms with Gasteiger partial charge in [-0.2, -0.15) is 0 Å². The Balaban J connectivity index is 1.90. The van der Waals surface area contributed by atoms with Crippen LogP contribution in [-0.4, -0.2) is 31.0 Å². The van der Waals surface area contributed by atoms with Gasteiger partial charge in [0.2, 0.25) is 0 Å². The Bertz CT molecular complexity index is 484. The Hall–Kier alpha value is -1.76.